The molecular formula is C15H19F2N2OP. The van der Waals surface area contributed by atoms with Crippen molar-refractivity contribution in [3.63, 3.8) is 0 Å². The van der Waals surface area contributed by atoms with Crippen molar-refractivity contribution in [1.29, 1.82) is 0 Å². The molecule has 114 valence electrons. The summed E-state index contributed by atoms with van der Waals surface area (Å²) < 4.78 is 26.7. The quantitative estimate of drug-likeness (QED) is 0.684. The fourth-order valence-corrected chi connectivity index (χ4v) is 2.71. The van der Waals surface area contributed by atoms with E-state index in [1.807, 2.05) is 6.92 Å². The Morgan fingerprint density at radius 1 is 1.57 bits per heavy atom. The van der Waals surface area contributed by atoms with Crippen molar-refractivity contribution in [3.8, 4) is 0 Å². The van der Waals surface area contributed by atoms with E-state index in [1.165, 1.54) is 27.4 Å². The molecule has 2 rings (SSSR count). The maximum absolute atomic E-state index is 13.3. The minimum Gasteiger partial charge on any atom is -0.378 e. The highest BCUT2D eigenvalue weighted by molar-refractivity contribution is 7.17. The van der Waals surface area contributed by atoms with Gasteiger partial charge in [0.05, 0.1) is 5.54 Å². The molecule has 21 heavy (non-hydrogen) atoms. The number of benzene rings is 1. The van der Waals surface area contributed by atoms with Crippen LogP contribution in [0.5, 0.6) is 0 Å². The predicted octanol–water partition coefficient (Wildman–Crippen LogP) is 3.20. The second-order valence-corrected chi connectivity index (χ2v) is 6.33. The smallest absolute Gasteiger partial charge is 0.283 e. The Hall–Kier alpha value is -1.48. The van der Waals surface area contributed by atoms with E-state index < -0.39 is 5.66 Å². The number of amides is 1. The minimum absolute atomic E-state index is 0.0573. The summed E-state index contributed by atoms with van der Waals surface area (Å²) in [5.41, 5.74) is -2.70. The van der Waals surface area contributed by atoms with Crippen molar-refractivity contribution < 1.29 is 13.6 Å². The van der Waals surface area contributed by atoms with Gasteiger partial charge in [-0.25, -0.2) is 0 Å². The van der Waals surface area contributed by atoms with Gasteiger partial charge in [0.1, 0.15) is 0 Å². The number of carbonyl (C=O) groups excluding carboxylic acids is 1. The third kappa shape index (κ3) is 3.79. The van der Waals surface area contributed by atoms with Crippen LogP contribution in [0.4, 0.5) is 14.5 Å². The number of carbonyl (C=O) groups is 1. The molecule has 0 radical (unpaired) electrons. The van der Waals surface area contributed by atoms with Gasteiger partial charge in [-0.2, -0.15) is 8.78 Å². The highest BCUT2D eigenvalue weighted by Gasteiger charge is 2.35. The number of hydrogen-bond donors (Lipinski definition) is 1. The van der Waals surface area contributed by atoms with E-state index in [4.69, 9.17) is 0 Å². The lowest BCUT2D eigenvalue weighted by atomic mass is 10.0. The predicted molar refractivity (Wildman–Crippen MR) is 83.5 cm³/mol. The molecule has 1 aliphatic heterocycles. The SMILES string of the molecule is C=CC(=O)N1CCC(C)(Nc2cccc(C(F)(F)P)c2)C1. The van der Waals surface area contributed by atoms with Crippen molar-refractivity contribution in [2.24, 2.45) is 0 Å². The molecule has 1 fully saturated rings. The molecule has 1 amide bonds. The largest absolute Gasteiger partial charge is 0.378 e. The number of nitrogens with one attached hydrogen (secondary N) is 1. The number of alkyl halides is 2. The van der Waals surface area contributed by atoms with Gasteiger partial charge in [-0.1, -0.05) is 28.0 Å². The van der Waals surface area contributed by atoms with Gasteiger partial charge in [-0.15, -0.1) is 0 Å². The first-order valence-corrected chi connectivity index (χ1v) is 7.28. The number of halogens is 2. The zero-order valence-corrected chi connectivity index (χ0v) is 13.1. The summed E-state index contributed by atoms with van der Waals surface area (Å²) in [6, 6.07) is 6.18. The normalized spacial score (nSPS) is 22.2. The van der Waals surface area contributed by atoms with Crippen LogP contribution in [0, 0.1) is 0 Å². The van der Waals surface area contributed by atoms with E-state index in [-0.39, 0.29) is 17.0 Å². The molecule has 0 saturated carbocycles. The van der Waals surface area contributed by atoms with Crippen molar-refractivity contribution in [1.82, 2.24) is 4.90 Å². The minimum atomic E-state index is -2.95. The maximum Gasteiger partial charge on any atom is 0.283 e. The molecule has 1 N–H and O–H groups in total. The Morgan fingerprint density at radius 2 is 2.29 bits per heavy atom. The summed E-state index contributed by atoms with van der Waals surface area (Å²) in [6.45, 7) is 6.62. The van der Waals surface area contributed by atoms with E-state index >= 15 is 0 Å². The van der Waals surface area contributed by atoms with E-state index in [1.54, 1.807) is 17.0 Å². The van der Waals surface area contributed by atoms with E-state index in [9.17, 15) is 13.6 Å². The summed E-state index contributed by atoms with van der Waals surface area (Å²) in [5.74, 6) is -0.106. The third-order valence-electron chi connectivity index (χ3n) is 3.65. The van der Waals surface area contributed by atoms with Gasteiger partial charge in [0.25, 0.3) is 5.66 Å². The standard InChI is InChI=1S/C15H19F2N2OP/c1-3-13(20)19-8-7-14(2,10-19)18-12-6-4-5-11(9-12)15(16,17)21/h3-6,9,18H,1,7-8,10,21H2,2H3. The number of anilines is 1. The third-order valence-corrected chi connectivity index (χ3v) is 3.99. The molecule has 1 aromatic rings. The van der Waals surface area contributed by atoms with Crippen molar-refractivity contribution in [3.05, 3.63) is 42.5 Å². The van der Waals surface area contributed by atoms with E-state index in [0.29, 0.717) is 18.8 Å². The van der Waals surface area contributed by atoms with Crippen molar-refractivity contribution >= 4 is 20.8 Å². The van der Waals surface area contributed by atoms with Gasteiger partial charge in [-0.3, -0.25) is 4.79 Å². The Balaban J connectivity index is 2.12. The van der Waals surface area contributed by atoms with E-state index in [0.717, 1.165) is 6.42 Å². The Kier molecular flexibility index (Phi) is 4.33. The Labute approximate surface area is 125 Å². The van der Waals surface area contributed by atoms with Gasteiger partial charge in [0.2, 0.25) is 5.91 Å². The van der Waals surface area contributed by atoms with Gasteiger partial charge in [-0.05, 0) is 31.6 Å². The van der Waals surface area contributed by atoms with E-state index in [2.05, 4.69) is 11.9 Å². The molecule has 6 heteroatoms. The average Bonchev–Trinajstić information content (AvgIpc) is 2.79. The molecule has 1 aromatic carbocycles. The zero-order chi connectivity index (χ0) is 15.7. The van der Waals surface area contributed by atoms with Gasteiger partial charge < -0.3 is 10.2 Å². The van der Waals surface area contributed by atoms with Gasteiger partial charge in [0.15, 0.2) is 0 Å². The fraction of sp³-hybridized carbons (Fsp3) is 0.400. The van der Waals surface area contributed by atoms with Crippen LogP contribution in [0.1, 0.15) is 18.9 Å². The second kappa shape index (κ2) is 5.72. The lowest BCUT2D eigenvalue weighted by Crippen LogP contribution is -2.39. The Morgan fingerprint density at radius 3 is 2.90 bits per heavy atom. The van der Waals surface area contributed by atoms with Crippen LogP contribution in [0.25, 0.3) is 0 Å². The first-order valence-electron chi connectivity index (χ1n) is 6.70. The van der Waals surface area contributed by atoms with Crippen LogP contribution in [0.2, 0.25) is 0 Å². The lowest BCUT2D eigenvalue weighted by Gasteiger charge is -2.27. The number of likely N-dealkylation sites (tertiary alicyclic amines) is 1. The summed E-state index contributed by atoms with van der Waals surface area (Å²) in [5, 5.41) is 3.27. The lowest BCUT2D eigenvalue weighted by molar-refractivity contribution is -0.125. The number of rotatable bonds is 4. The van der Waals surface area contributed by atoms with Crippen LogP contribution in [0.15, 0.2) is 36.9 Å². The molecule has 3 nitrogen and oxygen atoms in total. The average molecular weight is 312 g/mol. The summed E-state index contributed by atoms with van der Waals surface area (Å²) in [6.07, 6.45) is 2.05. The number of nitrogens with zero attached hydrogens (tertiary/aromatic N) is 1. The van der Waals surface area contributed by atoms with Crippen LogP contribution in [-0.4, -0.2) is 29.4 Å². The Bertz CT molecular complexity index is 559. The summed E-state index contributed by atoms with van der Waals surface area (Å²) in [4.78, 5) is 13.3. The molecule has 0 spiro atoms. The highest BCUT2D eigenvalue weighted by atomic mass is 31.0. The molecule has 0 bridgehead atoms. The maximum atomic E-state index is 13.3. The molecular weight excluding hydrogens is 293 g/mol. The van der Waals surface area contributed by atoms with Crippen LogP contribution >= 0.6 is 9.24 Å². The zero-order valence-electron chi connectivity index (χ0n) is 11.9. The van der Waals surface area contributed by atoms with Gasteiger partial charge in [0, 0.05) is 24.3 Å². The summed E-state index contributed by atoms with van der Waals surface area (Å²) in [7, 11) is 1.54. The first kappa shape index (κ1) is 15.9. The molecule has 1 heterocycles. The topological polar surface area (TPSA) is 32.3 Å². The van der Waals surface area contributed by atoms with Gasteiger partial charge >= 0.3 is 0 Å². The number of hydrogen-bond acceptors (Lipinski definition) is 2. The monoisotopic (exact) mass is 312 g/mol. The summed E-state index contributed by atoms with van der Waals surface area (Å²) >= 11 is 0. The molecule has 2 unspecified atom stereocenters. The van der Waals surface area contributed by atoms with Crippen LogP contribution < -0.4 is 5.32 Å². The van der Waals surface area contributed by atoms with Crippen LogP contribution in [0.3, 0.4) is 0 Å². The van der Waals surface area contributed by atoms with Crippen molar-refractivity contribution in [2.45, 2.75) is 24.5 Å². The van der Waals surface area contributed by atoms with Crippen LogP contribution in [-0.2, 0) is 10.5 Å². The second-order valence-electron chi connectivity index (χ2n) is 5.60. The molecule has 1 saturated heterocycles. The molecule has 0 aliphatic carbocycles. The first-order chi connectivity index (χ1) is 9.73. The molecule has 0 aromatic heterocycles. The highest BCUT2D eigenvalue weighted by Crippen LogP contribution is 2.36. The van der Waals surface area contributed by atoms with Crippen molar-refractivity contribution in [2.75, 3.05) is 18.4 Å². The molecule has 1 aliphatic rings. The molecule has 2 atom stereocenters. The fourth-order valence-electron chi connectivity index (χ4n) is 2.53.